The number of benzene rings is 2. The molecule has 0 atom stereocenters. The second kappa shape index (κ2) is 7.84. The monoisotopic (exact) mass is 398 g/mol. The molecule has 146 valence electrons. The molecule has 28 heavy (non-hydrogen) atoms. The van der Waals surface area contributed by atoms with Crippen molar-refractivity contribution in [3.8, 4) is 5.75 Å². The first-order valence-electron chi connectivity index (χ1n) is 9.62. The third-order valence-electron chi connectivity index (χ3n) is 5.69. The van der Waals surface area contributed by atoms with Crippen molar-refractivity contribution < 1.29 is 14.6 Å². The van der Waals surface area contributed by atoms with Crippen LogP contribution in [0.25, 0.3) is 0 Å². The van der Waals surface area contributed by atoms with Crippen LogP contribution in [-0.2, 0) is 11.8 Å². The van der Waals surface area contributed by atoms with Crippen LogP contribution in [0.15, 0.2) is 47.5 Å². The number of rotatable bonds is 6. The molecule has 1 fully saturated rings. The van der Waals surface area contributed by atoms with Gasteiger partial charge in [-0.05, 0) is 54.7 Å². The first kappa shape index (κ1) is 18.8. The quantitative estimate of drug-likeness (QED) is 0.706. The lowest BCUT2D eigenvalue weighted by Gasteiger charge is -2.45. The van der Waals surface area contributed by atoms with Gasteiger partial charge < -0.3 is 15.2 Å². The minimum atomic E-state index is -1.04. The number of carboxylic acid groups (broad SMARTS) is 1. The van der Waals surface area contributed by atoms with Gasteiger partial charge in [-0.3, -0.25) is 4.99 Å². The van der Waals surface area contributed by atoms with Crippen LogP contribution in [0.2, 0.25) is 5.02 Å². The normalized spacial score (nSPS) is 17.1. The van der Waals surface area contributed by atoms with Gasteiger partial charge in [-0.1, -0.05) is 36.2 Å². The van der Waals surface area contributed by atoms with Gasteiger partial charge in [0.15, 0.2) is 0 Å². The van der Waals surface area contributed by atoms with Crippen LogP contribution in [0.5, 0.6) is 5.75 Å². The number of ether oxygens (including phenoxy) is 1. The molecule has 0 bridgehead atoms. The molecule has 0 radical (unpaired) electrons. The Labute approximate surface area is 169 Å². The lowest BCUT2D eigenvalue weighted by atomic mass is 9.59. The van der Waals surface area contributed by atoms with Crippen molar-refractivity contribution >= 4 is 23.4 Å². The summed E-state index contributed by atoms with van der Waals surface area (Å²) in [4.78, 5) is 15.5. The molecule has 2 aromatic rings. The molecule has 1 aliphatic heterocycles. The number of nitrogens with one attached hydrogen (secondary N) is 1. The predicted molar refractivity (Wildman–Crippen MR) is 110 cm³/mol. The van der Waals surface area contributed by atoms with Gasteiger partial charge >= 0.3 is 6.09 Å². The average molecular weight is 399 g/mol. The van der Waals surface area contributed by atoms with Gasteiger partial charge in [0.2, 0.25) is 0 Å². The molecule has 1 heterocycles. The first-order valence-corrected chi connectivity index (χ1v) is 10.0. The molecule has 0 saturated heterocycles. The standard InChI is InChI=1S/C22H23ClN2O3/c23-17-5-3-16(4-6-17)22(9-1-10-22)20-19-14-18(28-13-12-25-21(26)27)7-2-15(19)8-11-24-20/h2-7,14,25H,1,8-13H2,(H,26,27). The van der Waals surface area contributed by atoms with Crippen molar-refractivity contribution in [1.82, 2.24) is 5.32 Å². The summed E-state index contributed by atoms with van der Waals surface area (Å²) in [6, 6.07) is 14.3. The van der Waals surface area contributed by atoms with E-state index in [4.69, 9.17) is 26.4 Å². The number of hydrogen-bond acceptors (Lipinski definition) is 3. The van der Waals surface area contributed by atoms with Crippen LogP contribution in [0, 0.1) is 0 Å². The Morgan fingerprint density at radius 3 is 2.68 bits per heavy atom. The molecule has 4 rings (SSSR count). The number of amides is 1. The molecule has 2 aromatic carbocycles. The van der Waals surface area contributed by atoms with Crippen LogP contribution in [0.1, 0.15) is 36.0 Å². The van der Waals surface area contributed by atoms with Gasteiger partial charge in [-0.15, -0.1) is 0 Å². The summed E-state index contributed by atoms with van der Waals surface area (Å²) < 4.78 is 5.76. The fourth-order valence-corrected chi connectivity index (χ4v) is 4.28. The molecule has 5 nitrogen and oxygen atoms in total. The molecule has 1 aliphatic carbocycles. The topological polar surface area (TPSA) is 70.9 Å². The van der Waals surface area contributed by atoms with E-state index in [2.05, 4.69) is 29.6 Å². The number of fused-ring (bicyclic) bond motifs is 1. The number of nitrogens with zero attached hydrogens (tertiary/aromatic N) is 1. The molecule has 1 amide bonds. The number of aliphatic imine (C=N–C) groups is 1. The average Bonchev–Trinajstić information content (AvgIpc) is 2.66. The third kappa shape index (κ3) is 3.59. The molecule has 0 spiro atoms. The number of halogens is 1. The predicted octanol–water partition coefficient (Wildman–Crippen LogP) is 4.45. The van der Waals surface area contributed by atoms with E-state index in [1.807, 2.05) is 18.2 Å². The SMILES string of the molecule is O=C(O)NCCOc1ccc2c(c1)C(C1(c3ccc(Cl)cc3)CCC1)=NCC2. The molecular formula is C22H23ClN2O3. The zero-order valence-corrected chi connectivity index (χ0v) is 16.3. The highest BCUT2D eigenvalue weighted by Gasteiger charge is 2.45. The van der Waals surface area contributed by atoms with E-state index in [1.165, 1.54) is 17.5 Å². The minimum Gasteiger partial charge on any atom is -0.492 e. The first-order chi connectivity index (χ1) is 13.6. The summed E-state index contributed by atoms with van der Waals surface area (Å²) in [6.07, 6.45) is 3.24. The molecular weight excluding hydrogens is 376 g/mol. The Bertz CT molecular complexity index is 904. The Hall–Kier alpha value is -2.53. The summed E-state index contributed by atoms with van der Waals surface area (Å²) in [5.74, 6) is 0.742. The maximum absolute atomic E-state index is 10.6. The van der Waals surface area contributed by atoms with Crippen LogP contribution < -0.4 is 10.1 Å². The summed E-state index contributed by atoms with van der Waals surface area (Å²) in [7, 11) is 0. The lowest BCUT2D eigenvalue weighted by Crippen LogP contribution is -2.44. The van der Waals surface area contributed by atoms with Crippen molar-refractivity contribution in [3.63, 3.8) is 0 Å². The highest BCUT2D eigenvalue weighted by Crippen LogP contribution is 2.48. The van der Waals surface area contributed by atoms with E-state index >= 15 is 0 Å². The van der Waals surface area contributed by atoms with Gasteiger partial charge in [0.25, 0.3) is 0 Å². The van der Waals surface area contributed by atoms with Crippen molar-refractivity contribution in [2.75, 3.05) is 19.7 Å². The summed E-state index contributed by atoms with van der Waals surface area (Å²) in [6.45, 7) is 1.35. The van der Waals surface area contributed by atoms with Gasteiger partial charge in [0, 0.05) is 22.5 Å². The van der Waals surface area contributed by atoms with E-state index in [0.717, 1.165) is 47.9 Å². The van der Waals surface area contributed by atoms with Gasteiger partial charge in [0.05, 0.1) is 12.3 Å². The smallest absolute Gasteiger partial charge is 0.404 e. The van der Waals surface area contributed by atoms with Gasteiger partial charge in [0.1, 0.15) is 12.4 Å². The summed E-state index contributed by atoms with van der Waals surface area (Å²) in [5.41, 5.74) is 4.82. The van der Waals surface area contributed by atoms with Crippen LogP contribution in [-0.4, -0.2) is 36.6 Å². The van der Waals surface area contributed by atoms with E-state index in [1.54, 1.807) is 0 Å². The van der Waals surface area contributed by atoms with Crippen molar-refractivity contribution in [1.29, 1.82) is 0 Å². The fraction of sp³-hybridized carbons (Fsp3) is 0.364. The lowest BCUT2D eigenvalue weighted by molar-refractivity contribution is 0.191. The van der Waals surface area contributed by atoms with Gasteiger partial charge in [-0.2, -0.15) is 0 Å². The Kier molecular flexibility index (Phi) is 5.27. The van der Waals surface area contributed by atoms with Crippen LogP contribution in [0.3, 0.4) is 0 Å². The van der Waals surface area contributed by atoms with Gasteiger partial charge in [-0.25, -0.2) is 4.79 Å². The van der Waals surface area contributed by atoms with E-state index in [-0.39, 0.29) is 12.0 Å². The molecule has 6 heteroatoms. The Balaban J connectivity index is 1.61. The maximum Gasteiger partial charge on any atom is 0.404 e. The fourth-order valence-electron chi connectivity index (χ4n) is 4.15. The zero-order chi connectivity index (χ0) is 19.6. The maximum atomic E-state index is 10.6. The molecule has 0 aromatic heterocycles. The second-order valence-corrected chi connectivity index (χ2v) is 7.76. The highest BCUT2D eigenvalue weighted by atomic mass is 35.5. The van der Waals surface area contributed by atoms with E-state index in [0.29, 0.717) is 6.61 Å². The van der Waals surface area contributed by atoms with Crippen LogP contribution in [0.4, 0.5) is 4.79 Å². The van der Waals surface area contributed by atoms with E-state index in [9.17, 15) is 4.79 Å². The van der Waals surface area contributed by atoms with Crippen molar-refractivity contribution in [2.24, 2.45) is 4.99 Å². The molecule has 0 unspecified atom stereocenters. The third-order valence-corrected chi connectivity index (χ3v) is 5.94. The van der Waals surface area contributed by atoms with E-state index < -0.39 is 6.09 Å². The van der Waals surface area contributed by atoms with Crippen molar-refractivity contribution in [2.45, 2.75) is 31.1 Å². The highest BCUT2D eigenvalue weighted by molar-refractivity contribution is 6.30. The largest absolute Gasteiger partial charge is 0.492 e. The van der Waals surface area contributed by atoms with Crippen molar-refractivity contribution in [3.05, 3.63) is 64.2 Å². The van der Waals surface area contributed by atoms with Crippen LogP contribution >= 0.6 is 11.6 Å². The summed E-state index contributed by atoms with van der Waals surface area (Å²) >= 11 is 6.10. The minimum absolute atomic E-state index is 0.0523. The Morgan fingerprint density at radius 1 is 1.21 bits per heavy atom. The molecule has 1 saturated carbocycles. The number of carbonyl (C=O) groups is 1. The zero-order valence-electron chi connectivity index (χ0n) is 15.6. The summed E-state index contributed by atoms with van der Waals surface area (Å²) in [5, 5.41) is 11.7. The Morgan fingerprint density at radius 2 is 2.00 bits per heavy atom. The second-order valence-electron chi connectivity index (χ2n) is 7.32. The molecule has 2 N–H and O–H groups in total. The number of hydrogen-bond donors (Lipinski definition) is 2. The molecule has 2 aliphatic rings.